The third-order valence-corrected chi connectivity index (χ3v) is 4.53. The molecule has 1 aliphatic heterocycles. The van der Waals surface area contributed by atoms with Crippen LogP contribution < -0.4 is 10.1 Å². The number of benzene rings is 1. The highest BCUT2D eigenvalue weighted by atomic mass is 19.4. The normalized spacial score (nSPS) is 17.7. The molecule has 1 aromatic carbocycles. The molecular weight excluding hydrogens is 404 g/mol. The average Bonchev–Trinajstić information content (AvgIpc) is 3.00. The summed E-state index contributed by atoms with van der Waals surface area (Å²) in [6.07, 6.45) is -2.14. The van der Waals surface area contributed by atoms with Crippen LogP contribution in [0.4, 0.5) is 17.6 Å². The summed E-state index contributed by atoms with van der Waals surface area (Å²) < 4.78 is 63.0. The first kappa shape index (κ1) is 21.4. The molecule has 0 saturated carbocycles. The summed E-state index contributed by atoms with van der Waals surface area (Å²) in [6.45, 7) is 2.76. The number of likely N-dealkylation sites (N-methyl/N-ethyl adjacent to an activating group) is 1. The number of ether oxygens (including phenoxy) is 2. The smallest absolute Gasteiger partial charge is 0.433 e. The molecule has 3 rings (SSSR count). The van der Waals surface area contributed by atoms with E-state index in [4.69, 9.17) is 14.9 Å². The summed E-state index contributed by atoms with van der Waals surface area (Å²) in [7, 11) is 1.90. The zero-order chi connectivity index (χ0) is 21.9. The van der Waals surface area contributed by atoms with Gasteiger partial charge < -0.3 is 19.7 Å². The highest BCUT2D eigenvalue weighted by Gasteiger charge is 2.32. The number of alkyl halides is 3. The molecule has 1 fully saturated rings. The molecule has 30 heavy (non-hydrogen) atoms. The lowest BCUT2D eigenvalue weighted by atomic mass is 10.2. The van der Waals surface area contributed by atoms with Crippen molar-refractivity contribution in [2.24, 2.45) is 0 Å². The van der Waals surface area contributed by atoms with Crippen molar-refractivity contribution in [3.63, 3.8) is 0 Å². The summed E-state index contributed by atoms with van der Waals surface area (Å²) in [5.74, 6) is -0.511. The second kappa shape index (κ2) is 8.60. The van der Waals surface area contributed by atoms with Crippen molar-refractivity contribution >= 4 is 5.90 Å². The fourth-order valence-electron chi connectivity index (χ4n) is 2.70. The number of hydrogen-bond acceptors (Lipinski definition) is 6. The number of hydrogen-bond donors (Lipinski definition) is 2. The van der Waals surface area contributed by atoms with E-state index in [0.29, 0.717) is 17.7 Å². The minimum absolute atomic E-state index is 0.0490. The third kappa shape index (κ3) is 5.19. The predicted octanol–water partition coefficient (Wildman–Crippen LogP) is 4.29. The van der Waals surface area contributed by atoms with E-state index >= 15 is 0 Å². The van der Waals surface area contributed by atoms with Gasteiger partial charge in [-0.25, -0.2) is 4.39 Å². The van der Waals surface area contributed by atoms with Gasteiger partial charge >= 0.3 is 6.18 Å². The molecule has 1 atom stereocenters. The van der Waals surface area contributed by atoms with Crippen molar-refractivity contribution in [3.05, 3.63) is 65.5 Å². The maximum Gasteiger partial charge on any atom is 0.433 e. The topological polar surface area (TPSA) is 70.5 Å². The molecule has 1 saturated heterocycles. The third-order valence-electron chi connectivity index (χ3n) is 4.53. The number of rotatable bonds is 5. The second-order valence-electron chi connectivity index (χ2n) is 6.76. The summed E-state index contributed by atoms with van der Waals surface area (Å²) >= 11 is 0. The Morgan fingerprint density at radius 2 is 2.10 bits per heavy atom. The molecule has 0 aliphatic carbocycles. The van der Waals surface area contributed by atoms with Crippen molar-refractivity contribution in [1.29, 1.82) is 5.41 Å². The molecule has 160 valence electrons. The first-order valence-electron chi connectivity index (χ1n) is 9.03. The van der Waals surface area contributed by atoms with Gasteiger partial charge in [-0.2, -0.15) is 13.2 Å². The molecule has 1 aliphatic rings. The van der Waals surface area contributed by atoms with E-state index in [1.807, 2.05) is 18.9 Å². The molecule has 0 unspecified atom stereocenters. The Morgan fingerprint density at radius 1 is 1.33 bits per heavy atom. The molecule has 0 bridgehead atoms. The van der Waals surface area contributed by atoms with E-state index in [-0.39, 0.29) is 24.0 Å². The fourth-order valence-corrected chi connectivity index (χ4v) is 2.70. The second-order valence-corrected chi connectivity index (χ2v) is 6.76. The molecule has 2 aromatic rings. The molecule has 10 heteroatoms. The molecule has 2 N–H and O–H groups in total. The van der Waals surface area contributed by atoms with Crippen LogP contribution in [0, 0.1) is 11.2 Å². The van der Waals surface area contributed by atoms with E-state index < -0.39 is 17.7 Å². The van der Waals surface area contributed by atoms with Gasteiger partial charge in [0, 0.05) is 38.0 Å². The van der Waals surface area contributed by atoms with Gasteiger partial charge in [-0.3, -0.25) is 10.4 Å². The van der Waals surface area contributed by atoms with E-state index in [2.05, 4.69) is 10.3 Å². The van der Waals surface area contributed by atoms with Gasteiger partial charge in [-0.1, -0.05) is 6.07 Å². The van der Waals surface area contributed by atoms with E-state index in [1.165, 1.54) is 18.2 Å². The highest BCUT2D eigenvalue weighted by molar-refractivity contribution is 5.85. The van der Waals surface area contributed by atoms with Gasteiger partial charge in [0.05, 0.1) is 0 Å². The standard InChI is InChI=1S/C20H20F4N4O2/c1-12-10-27-19(28(12)2)9-18(25)29-11-13-3-4-16(15(21)7-13)30-14-5-6-26-17(8-14)20(22,23)24/h3-9,12,25,27H,10-11H2,1-2H3/b19-9+,25-18?/t12-/m0/s1. The lowest BCUT2D eigenvalue weighted by Gasteiger charge is -2.17. The number of pyridine rings is 1. The van der Waals surface area contributed by atoms with Crippen molar-refractivity contribution < 1.29 is 27.0 Å². The quantitative estimate of drug-likeness (QED) is 0.426. The van der Waals surface area contributed by atoms with Gasteiger partial charge in [-0.05, 0) is 30.7 Å². The summed E-state index contributed by atoms with van der Waals surface area (Å²) in [5.41, 5.74) is -0.690. The van der Waals surface area contributed by atoms with Crippen molar-refractivity contribution in [2.75, 3.05) is 13.6 Å². The zero-order valence-electron chi connectivity index (χ0n) is 16.3. The minimum atomic E-state index is -4.63. The van der Waals surface area contributed by atoms with Crippen LogP contribution in [0.3, 0.4) is 0 Å². The van der Waals surface area contributed by atoms with Crippen molar-refractivity contribution in [3.8, 4) is 11.5 Å². The van der Waals surface area contributed by atoms with Gasteiger partial charge in [-0.15, -0.1) is 0 Å². The van der Waals surface area contributed by atoms with Crippen LogP contribution in [0.25, 0.3) is 0 Å². The summed E-state index contributed by atoms with van der Waals surface area (Å²) in [5, 5.41) is 11.0. The first-order chi connectivity index (χ1) is 14.1. The minimum Gasteiger partial charge on any atom is -0.473 e. The predicted molar refractivity (Wildman–Crippen MR) is 102 cm³/mol. The molecule has 2 heterocycles. The Morgan fingerprint density at radius 3 is 2.73 bits per heavy atom. The van der Waals surface area contributed by atoms with Crippen molar-refractivity contribution in [2.45, 2.75) is 25.7 Å². The van der Waals surface area contributed by atoms with Crippen LogP contribution in [0.15, 0.2) is 48.4 Å². The number of aromatic nitrogens is 1. The Labute approximate surface area is 170 Å². The first-order valence-corrected chi connectivity index (χ1v) is 9.03. The van der Waals surface area contributed by atoms with Crippen LogP contribution >= 0.6 is 0 Å². The summed E-state index contributed by atoms with van der Waals surface area (Å²) in [4.78, 5) is 5.21. The Kier molecular flexibility index (Phi) is 6.14. The van der Waals surface area contributed by atoms with E-state index in [9.17, 15) is 17.6 Å². The summed E-state index contributed by atoms with van der Waals surface area (Å²) in [6, 6.07) is 6.14. The van der Waals surface area contributed by atoms with E-state index in [1.54, 1.807) is 6.08 Å². The Bertz CT molecular complexity index is 962. The molecule has 1 aromatic heterocycles. The highest BCUT2D eigenvalue weighted by Crippen LogP contribution is 2.31. The molecule has 0 radical (unpaired) electrons. The SMILES string of the molecule is C[C@H]1CN/C(=C\C(=N)OCc2ccc(Oc3ccnc(C(F)(F)F)c3)c(F)c2)N1C. The number of nitrogens with zero attached hydrogens (tertiary/aromatic N) is 2. The lowest BCUT2D eigenvalue weighted by Crippen LogP contribution is -2.22. The lowest BCUT2D eigenvalue weighted by molar-refractivity contribution is -0.141. The largest absolute Gasteiger partial charge is 0.473 e. The monoisotopic (exact) mass is 424 g/mol. The number of nitrogens with one attached hydrogen (secondary N) is 2. The van der Waals surface area contributed by atoms with Crippen LogP contribution in [0.2, 0.25) is 0 Å². The molecule has 6 nitrogen and oxygen atoms in total. The Balaban J connectivity index is 1.62. The van der Waals surface area contributed by atoms with Gasteiger partial charge in [0.1, 0.15) is 23.9 Å². The molecule has 0 amide bonds. The molecular formula is C20H20F4N4O2. The zero-order valence-corrected chi connectivity index (χ0v) is 16.3. The maximum absolute atomic E-state index is 14.3. The number of halogens is 4. The van der Waals surface area contributed by atoms with Gasteiger partial charge in [0.2, 0.25) is 5.90 Å². The average molecular weight is 424 g/mol. The van der Waals surface area contributed by atoms with E-state index in [0.717, 1.165) is 24.6 Å². The van der Waals surface area contributed by atoms with Crippen LogP contribution in [0.5, 0.6) is 11.5 Å². The molecule has 0 spiro atoms. The Hall–Kier alpha value is -3.30. The van der Waals surface area contributed by atoms with Gasteiger partial charge in [0.15, 0.2) is 11.6 Å². The van der Waals surface area contributed by atoms with Crippen molar-refractivity contribution in [1.82, 2.24) is 15.2 Å². The fraction of sp³-hybridized carbons (Fsp3) is 0.300. The van der Waals surface area contributed by atoms with Crippen LogP contribution in [-0.4, -0.2) is 35.4 Å². The van der Waals surface area contributed by atoms with Crippen LogP contribution in [-0.2, 0) is 17.5 Å². The maximum atomic E-state index is 14.3. The van der Waals surface area contributed by atoms with Crippen LogP contribution in [0.1, 0.15) is 18.2 Å². The van der Waals surface area contributed by atoms with Gasteiger partial charge in [0.25, 0.3) is 0 Å².